The molecule has 4 heteroatoms. The first kappa shape index (κ1) is 14.5. The van der Waals surface area contributed by atoms with E-state index in [9.17, 15) is 4.79 Å². The zero-order chi connectivity index (χ0) is 12.7. The Balaban J connectivity index is 2.53. The van der Waals surface area contributed by atoms with Crippen LogP contribution in [0.1, 0.15) is 39.5 Å². The Kier molecular flexibility index (Phi) is 6.52. The smallest absolute Gasteiger partial charge is 0.323 e. The van der Waals surface area contributed by atoms with Gasteiger partial charge in [-0.05, 0) is 53.2 Å². The van der Waals surface area contributed by atoms with Crippen molar-refractivity contribution < 1.29 is 9.53 Å². The molecule has 0 aromatic carbocycles. The summed E-state index contributed by atoms with van der Waals surface area (Å²) in [5.41, 5.74) is 0. The lowest BCUT2D eigenvalue weighted by Gasteiger charge is -2.38. The van der Waals surface area contributed by atoms with E-state index in [1.54, 1.807) is 0 Å². The van der Waals surface area contributed by atoms with E-state index in [0.717, 1.165) is 19.5 Å². The number of nitrogens with zero attached hydrogens (tertiary/aromatic N) is 1. The van der Waals surface area contributed by atoms with Crippen molar-refractivity contribution in [2.45, 2.75) is 51.6 Å². The molecule has 0 spiro atoms. The molecule has 0 radical (unpaired) electrons. The normalized spacial score (nSPS) is 23.4. The highest BCUT2D eigenvalue weighted by molar-refractivity contribution is 5.75. The van der Waals surface area contributed by atoms with E-state index in [0.29, 0.717) is 12.6 Å². The van der Waals surface area contributed by atoms with Gasteiger partial charge < -0.3 is 10.1 Å². The topological polar surface area (TPSA) is 41.6 Å². The lowest BCUT2D eigenvalue weighted by atomic mass is 9.97. The van der Waals surface area contributed by atoms with Crippen LogP contribution in [-0.4, -0.2) is 49.7 Å². The van der Waals surface area contributed by atoms with Crippen molar-refractivity contribution in [1.82, 2.24) is 10.2 Å². The molecule has 0 bridgehead atoms. The van der Waals surface area contributed by atoms with E-state index < -0.39 is 0 Å². The van der Waals surface area contributed by atoms with Crippen LogP contribution in [0.5, 0.6) is 0 Å². The number of carbonyl (C=O) groups excluding carboxylic acids is 1. The monoisotopic (exact) mass is 242 g/mol. The van der Waals surface area contributed by atoms with E-state index in [1.165, 1.54) is 19.3 Å². The Labute approximate surface area is 105 Å². The minimum Gasteiger partial charge on any atom is -0.465 e. The number of carbonyl (C=O) groups is 1. The van der Waals surface area contributed by atoms with Crippen molar-refractivity contribution >= 4 is 5.97 Å². The van der Waals surface area contributed by atoms with Crippen molar-refractivity contribution in [3.63, 3.8) is 0 Å². The van der Waals surface area contributed by atoms with E-state index in [-0.39, 0.29) is 12.0 Å². The maximum atomic E-state index is 11.8. The van der Waals surface area contributed by atoms with Crippen LogP contribution in [0.15, 0.2) is 0 Å². The predicted octanol–water partition coefficient (Wildman–Crippen LogP) is 1.40. The number of ether oxygens (including phenoxy) is 1. The summed E-state index contributed by atoms with van der Waals surface area (Å²) in [4.78, 5) is 14.1. The third-order valence-electron chi connectivity index (χ3n) is 3.53. The highest BCUT2D eigenvalue weighted by Crippen LogP contribution is 2.22. The standard InChI is InChI=1S/C13H26N2O2/c1-4-17-13(16)11(2)15-10-6-5-7-12(15)8-9-14-3/h11-12,14H,4-10H2,1-3H3. The summed E-state index contributed by atoms with van der Waals surface area (Å²) < 4.78 is 5.11. The molecule has 17 heavy (non-hydrogen) atoms. The van der Waals surface area contributed by atoms with Crippen LogP contribution in [-0.2, 0) is 9.53 Å². The molecule has 4 nitrogen and oxygen atoms in total. The quantitative estimate of drug-likeness (QED) is 0.715. The first-order valence-corrected chi connectivity index (χ1v) is 6.77. The molecule has 0 aromatic rings. The van der Waals surface area contributed by atoms with Gasteiger partial charge in [-0.3, -0.25) is 9.69 Å². The molecule has 1 aliphatic rings. The summed E-state index contributed by atoms with van der Waals surface area (Å²) >= 11 is 0. The summed E-state index contributed by atoms with van der Waals surface area (Å²) in [5.74, 6) is -0.0798. The average Bonchev–Trinajstić information content (AvgIpc) is 2.36. The molecule has 0 aliphatic carbocycles. The minimum absolute atomic E-state index is 0.0798. The predicted molar refractivity (Wildman–Crippen MR) is 69.0 cm³/mol. The SMILES string of the molecule is CCOC(=O)C(C)N1CCCCC1CCNC. The Bertz CT molecular complexity index is 233. The minimum atomic E-state index is -0.0999. The number of piperidine rings is 1. The van der Waals surface area contributed by atoms with Gasteiger partial charge >= 0.3 is 5.97 Å². The molecular weight excluding hydrogens is 216 g/mol. The zero-order valence-corrected chi connectivity index (χ0v) is 11.4. The second-order valence-electron chi connectivity index (χ2n) is 4.71. The number of nitrogens with one attached hydrogen (secondary N) is 1. The van der Waals surface area contributed by atoms with E-state index in [1.807, 2.05) is 20.9 Å². The summed E-state index contributed by atoms with van der Waals surface area (Å²) in [6.45, 7) is 6.33. The van der Waals surface area contributed by atoms with Gasteiger partial charge in [-0.1, -0.05) is 6.42 Å². The van der Waals surface area contributed by atoms with Gasteiger partial charge in [0.15, 0.2) is 0 Å². The number of hydrogen-bond donors (Lipinski definition) is 1. The van der Waals surface area contributed by atoms with Gasteiger partial charge in [0, 0.05) is 6.04 Å². The van der Waals surface area contributed by atoms with Crippen molar-refractivity contribution in [2.24, 2.45) is 0 Å². The van der Waals surface area contributed by atoms with Crippen LogP contribution in [0.4, 0.5) is 0 Å². The van der Waals surface area contributed by atoms with Crippen LogP contribution in [0.25, 0.3) is 0 Å². The van der Waals surface area contributed by atoms with Crippen molar-refractivity contribution in [3.05, 3.63) is 0 Å². The fourth-order valence-corrected chi connectivity index (χ4v) is 2.55. The first-order chi connectivity index (χ1) is 8.20. The summed E-state index contributed by atoms with van der Waals surface area (Å²) in [6, 6.07) is 0.424. The molecule has 1 saturated heterocycles. The van der Waals surface area contributed by atoms with Crippen molar-refractivity contribution in [2.75, 3.05) is 26.7 Å². The van der Waals surface area contributed by atoms with Gasteiger partial charge in [0.05, 0.1) is 6.61 Å². The molecule has 0 amide bonds. The van der Waals surface area contributed by atoms with Gasteiger partial charge in [0.25, 0.3) is 0 Å². The molecule has 2 unspecified atom stereocenters. The first-order valence-electron chi connectivity index (χ1n) is 6.77. The lowest BCUT2D eigenvalue weighted by molar-refractivity contribution is -0.150. The lowest BCUT2D eigenvalue weighted by Crippen LogP contribution is -2.49. The Hall–Kier alpha value is -0.610. The van der Waals surface area contributed by atoms with Gasteiger partial charge in [0.1, 0.15) is 6.04 Å². The van der Waals surface area contributed by atoms with Gasteiger partial charge in [-0.2, -0.15) is 0 Å². The molecule has 0 aromatic heterocycles. The highest BCUT2D eigenvalue weighted by Gasteiger charge is 2.30. The average molecular weight is 242 g/mol. The third kappa shape index (κ3) is 4.28. The van der Waals surface area contributed by atoms with E-state index in [2.05, 4.69) is 10.2 Å². The number of esters is 1. The van der Waals surface area contributed by atoms with E-state index >= 15 is 0 Å². The van der Waals surface area contributed by atoms with Gasteiger partial charge in [0.2, 0.25) is 0 Å². The summed E-state index contributed by atoms with van der Waals surface area (Å²) in [7, 11) is 1.97. The second-order valence-corrected chi connectivity index (χ2v) is 4.71. The maximum Gasteiger partial charge on any atom is 0.323 e. The van der Waals surface area contributed by atoms with Gasteiger partial charge in [-0.25, -0.2) is 0 Å². The molecule has 0 saturated carbocycles. The molecule has 1 heterocycles. The fourth-order valence-electron chi connectivity index (χ4n) is 2.55. The van der Waals surface area contributed by atoms with Crippen LogP contribution >= 0.6 is 0 Å². The number of likely N-dealkylation sites (tertiary alicyclic amines) is 1. The van der Waals surface area contributed by atoms with Crippen LogP contribution in [0, 0.1) is 0 Å². The molecule has 2 atom stereocenters. The molecular formula is C13H26N2O2. The number of hydrogen-bond acceptors (Lipinski definition) is 4. The van der Waals surface area contributed by atoms with Crippen LogP contribution in [0.2, 0.25) is 0 Å². The summed E-state index contributed by atoms with van der Waals surface area (Å²) in [5, 5.41) is 3.19. The van der Waals surface area contributed by atoms with Crippen molar-refractivity contribution in [1.29, 1.82) is 0 Å². The van der Waals surface area contributed by atoms with Crippen LogP contribution in [0.3, 0.4) is 0 Å². The molecule has 100 valence electrons. The van der Waals surface area contributed by atoms with Gasteiger partial charge in [-0.15, -0.1) is 0 Å². The Morgan fingerprint density at radius 1 is 1.53 bits per heavy atom. The maximum absolute atomic E-state index is 11.8. The second kappa shape index (κ2) is 7.67. The molecule has 1 rings (SSSR count). The van der Waals surface area contributed by atoms with Crippen molar-refractivity contribution in [3.8, 4) is 0 Å². The number of rotatable bonds is 6. The molecule has 1 fully saturated rings. The molecule has 1 aliphatic heterocycles. The Morgan fingerprint density at radius 3 is 2.94 bits per heavy atom. The molecule has 1 N–H and O–H groups in total. The zero-order valence-electron chi connectivity index (χ0n) is 11.4. The van der Waals surface area contributed by atoms with E-state index in [4.69, 9.17) is 4.74 Å². The Morgan fingerprint density at radius 2 is 2.29 bits per heavy atom. The van der Waals surface area contributed by atoms with Crippen LogP contribution < -0.4 is 5.32 Å². The fraction of sp³-hybridized carbons (Fsp3) is 0.923. The highest BCUT2D eigenvalue weighted by atomic mass is 16.5. The largest absolute Gasteiger partial charge is 0.465 e. The summed E-state index contributed by atoms with van der Waals surface area (Å²) in [6.07, 6.45) is 4.78. The third-order valence-corrected chi connectivity index (χ3v) is 3.53.